The number of fused-ring (bicyclic) bond motifs is 1. The Morgan fingerprint density at radius 3 is 2.83 bits per heavy atom. The number of para-hydroxylation sites is 1. The second-order valence-electron chi connectivity index (χ2n) is 4.88. The third kappa shape index (κ3) is 1.88. The maximum Gasteiger partial charge on any atom is 0.152 e. The third-order valence-electron chi connectivity index (χ3n) is 3.72. The van der Waals surface area contributed by atoms with Gasteiger partial charge in [0.05, 0.1) is 6.54 Å². The van der Waals surface area contributed by atoms with Gasteiger partial charge in [0.15, 0.2) is 5.82 Å². The maximum atomic E-state index is 4.25. The highest BCUT2D eigenvalue weighted by molar-refractivity contribution is 5.55. The molecule has 1 aromatic carbocycles. The molecule has 4 heteroatoms. The second-order valence-corrected chi connectivity index (χ2v) is 4.88. The third-order valence-corrected chi connectivity index (χ3v) is 3.72. The van der Waals surface area contributed by atoms with Crippen LogP contribution in [0, 0.1) is 6.92 Å². The number of aryl methyl sites for hydroxylation is 2. The van der Waals surface area contributed by atoms with Crippen LogP contribution in [0.2, 0.25) is 0 Å². The smallest absolute Gasteiger partial charge is 0.152 e. The van der Waals surface area contributed by atoms with E-state index in [1.165, 1.54) is 24.1 Å². The molecule has 0 radical (unpaired) electrons. The number of hydrogen-bond donors (Lipinski definition) is 0. The molecule has 0 saturated carbocycles. The fraction of sp³-hybridized carbons (Fsp3) is 0.429. The van der Waals surface area contributed by atoms with E-state index in [1.54, 1.807) is 0 Å². The van der Waals surface area contributed by atoms with Gasteiger partial charge in [-0.25, -0.2) is 0 Å². The highest BCUT2D eigenvalue weighted by Crippen LogP contribution is 2.27. The van der Waals surface area contributed by atoms with E-state index in [2.05, 4.69) is 43.9 Å². The van der Waals surface area contributed by atoms with Gasteiger partial charge in [0.2, 0.25) is 0 Å². The second kappa shape index (κ2) is 4.44. The summed E-state index contributed by atoms with van der Waals surface area (Å²) in [6.45, 7) is 3.93. The van der Waals surface area contributed by atoms with Gasteiger partial charge in [0, 0.05) is 19.3 Å². The van der Waals surface area contributed by atoms with Crippen LogP contribution < -0.4 is 4.90 Å². The molecule has 2 heterocycles. The van der Waals surface area contributed by atoms with E-state index in [0.29, 0.717) is 0 Å². The first-order valence-corrected chi connectivity index (χ1v) is 6.43. The molecule has 94 valence electrons. The quantitative estimate of drug-likeness (QED) is 0.808. The zero-order valence-electron chi connectivity index (χ0n) is 10.9. The lowest BCUT2D eigenvalue weighted by Crippen LogP contribution is -2.29. The Morgan fingerprint density at radius 1 is 1.22 bits per heavy atom. The molecule has 0 atom stereocenters. The first kappa shape index (κ1) is 11.3. The van der Waals surface area contributed by atoms with Crippen LogP contribution in [0.25, 0.3) is 0 Å². The molecule has 0 bridgehead atoms. The van der Waals surface area contributed by atoms with Gasteiger partial charge < -0.3 is 9.47 Å². The fourth-order valence-electron chi connectivity index (χ4n) is 2.54. The molecule has 0 amide bonds. The van der Waals surface area contributed by atoms with Crippen LogP contribution in [-0.2, 0) is 20.0 Å². The summed E-state index contributed by atoms with van der Waals surface area (Å²) in [6.07, 6.45) is 2.40. The molecule has 3 rings (SSSR count). The Morgan fingerprint density at radius 2 is 2.06 bits per heavy atom. The van der Waals surface area contributed by atoms with Crippen LogP contribution in [0.4, 0.5) is 5.69 Å². The molecule has 0 fully saturated rings. The van der Waals surface area contributed by atoms with Gasteiger partial charge in [-0.2, -0.15) is 0 Å². The first-order valence-electron chi connectivity index (χ1n) is 6.43. The normalized spacial score (nSPS) is 14.7. The maximum absolute atomic E-state index is 4.25. The number of aromatic nitrogens is 3. The van der Waals surface area contributed by atoms with Crippen molar-refractivity contribution in [2.75, 3.05) is 11.4 Å². The van der Waals surface area contributed by atoms with Crippen LogP contribution in [0.3, 0.4) is 0 Å². The number of nitrogens with zero attached hydrogens (tertiary/aromatic N) is 4. The summed E-state index contributed by atoms with van der Waals surface area (Å²) in [5.41, 5.74) is 2.80. The fourth-order valence-corrected chi connectivity index (χ4v) is 2.54. The minimum atomic E-state index is 0.842. The van der Waals surface area contributed by atoms with Gasteiger partial charge in [-0.15, -0.1) is 10.2 Å². The van der Waals surface area contributed by atoms with Gasteiger partial charge in [-0.1, -0.05) is 18.2 Å². The zero-order chi connectivity index (χ0) is 12.5. The summed E-state index contributed by atoms with van der Waals surface area (Å²) >= 11 is 0. The zero-order valence-corrected chi connectivity index (χ0v) is 10.9. The van der Waals surface area contributed by atoms with Crippen molar-refractivity contribution in [2.45, 2.75) is 26.3 Å². The summed E-state index contributed by atoms with van der Waals surface area (Å²) in [5.74, 6) is 2.00. The summed E-state index contributed by atoms with van der Waals surface area (Å²) in [5, 5.41) is 8.38. The number of hydrogen-bond acceptors (Lipinski definition) is 3. The molecule has 0 unspecified atom stereocenters. The molecular formula is C14H18N4. The standard InChI is InChI=1S/C14H18N4/c1-11-15-16-14(17(11)2)10-18-9-5-7-12-6-3-4-8-13(12)18/h3-4,6,8H,5,7,9-10H2,1-2H3. The Balaban J connectivity index is 1.89. The van der Waals surface area contributed by atoms with Gasteiger partial charge >= 0.3 is 0 Å². The van der Waals surface area contributed by atoms with Gasteiger partial charge in [-0.05, 0) is 31.4 Å². The molecule has 0 aliphatic carbocycles. The highest BCUT2D eigenvalue weighted by Gasteiger charge is 2.18. The van der Waals surface area contributed by atoms with E-state index in [4.69, 9.17) is 0 Å². The summed E-state index contributed by atoms with van der Waals surface area (Å²) in [7, 11) is 2.03. The molecule has 1 aliphatic heterocycles. The van der Waals surface area contributed by atoms with Crippen LogP contribution in [0.1, 0.15) is 23.6 Å². The molecule has 0 spiro atoms. The molecule has 18 heavy (non-hydrogen) atoms. The predicted octanol–water partition coefficient (Wildman–Crippen LogP) is 2.08. The van der Waals surface area contributed by atoms with Crippen molar-refractivity contribution in [3.05, 3.63) is 41.5 Å². The Kier molecular flexibility index (Phi) is 2.78. The molecule has 0 N–H and O–H groups in total. The van der Waals surface area contributed by atoms with E-state index >= 15 is 0 Å². The van der Waals surface area contributed by atoms with Crippen molar-refractivity contribution in [3.8, 4) is 0 Å². The lowest BCUT2D eigenvalue weighted by atomic mass is 10.0. The minimum Gasteiger partial charge on any atom is -0.364 e. The van der Waals surface area contributed by atoms with Crippen LogP contribution in [0.5, 0.6) is 0 Å². The van der Waals surface area contributed by atoms with Gasteiger partial charge in [-0.3, -0.25) is 0 Å². The Hall–Kier alpha value is -1.84. The number of rotatable bonds is 2. The van der Waals surface area contributed by atoms with Crippen LogP contribution in [-0.4, -0.2) is 21.3 Å². The number of benzene rings is 1. The van der Waals surface area contributed by atoms with Crippen molar-refractivity contribution in [2.24, 2.45) is 7.05 Å². The minimum absolute atomic E-state index is 0.842. The highest BCUT2D eigenvalue weighted by atomic mass is 15.3. The Labute approximate surface area is 107 Å². The summed E-state index contributed by atoms with van der Waals surface area (Å²) in [6, 6.07) is 8.66. The van der Waals surface area contributed by atoms with Crippen molar-refractivity contribution >= 4 is 5.69 Å². The van der Waals surface area contributed by atoms with E-state index in [1.807, 2.05) is 14.0 Å². The summed E-state index contributed by atoms with van der Waals surface area (Å²) in [4.78, 5) is 2.41. The molecule has 2 aromatic rings. The monoisotopic (exact) mass is 242 g/mol. The van der Waals surface area contributed by atoms with E-state index in [0.717, 1.165) is 24.7 Å². The lowest BCUT2D eigenvalue weighted by Gasteiger charge is -2.30. The topological polar surface area (TPSA) is 34.0 Å². The number of anilines is 1. The average Bonchev–Trinajstić information content (AvgIpc) is 2.71. The van der Waals surface area contributed by atoms with Crippen LogP contribution in [0.15, 0.2) is 24.3 Å². The summed E-state index contributed by atoms with van der Waals surface area (Å²) < 4.78 is 2.07. The lowest BCUT2D eigenvalue weighted by molar-refractivity contribution is 0.654. The van der Waals surface area contributed by atoms with E-state index < -0.39 is 0 Å². The van der Waals surface area contributed by atoms with Crippen LogP contribution >= 0.6 is 0 Å². The Bertz CT molecular complexity index is 559. The van der Waals surface area contributed by atoms with Gasteiger partial charge in [0.25, 0.3) is 0 Å². The molecule has 1 aliphatic rings. The van der Waals surface area contributed by atoms with E-state index in [9.17, 15) is 0 Å². The SMILES string of the molecule is Cc1nnc(CN2CCCc3ccccc32)n1C. The largest absolute Gasteiger partial charge is 0.364 e. The molecular weight excluding hydrogens is 224 g/mol. The molecule has 1 aromatic heterocycles. The van der Waals surface area contributed by atoms with Crippen molar-refractivity contribution in [3.63, 3.8) is 0 Å². The van der Waals surface area contributed by atoms with Crippen molar-refractivity contribution < 1.29 is 0 Å². The van der Waals surface area contributed by atoms with Crippen molar-refractivity contribution in [1.82, 2.24) is 14.8 Å². The van der Waals surface area contributed by atoms with Gasteiger partial charge in [0.1, 0.15) is 5.82 Å². The molecule has 4 nitrogen and oxygen atoms in total. The average molecular weight is 242 g/mol. The van der Waals surface area contributed by atoms with E-state index in [-0.39, 0.29) is 0 Å². The van der Waals surface area contributed by atoms with Crippen molar-refractivity contribution in [1.29, 1.82) is 0 Å². The predicted molar refractivity (Wildman–Crippen MR) is 71.6 cm³/mol. The molecule has 0 saturated heterocycles. The first-order chi connectivity index (χ1) is 8.75.